The first-order valence-corrected chi connectivity index (χ1v) is 5.07. The molecule has 0 saturated heterocycles. The molecule has 0 unspecified atom stereocenters. The van der Waals surface area contributed by atoms with E-state index >= 15 is 0 Å². The van der Waals surface area contributed by atoms with Gasteiger partial charge in [0.05, 0.1) is 18.6 Å². The summed E-state index contributed by atoms with van der Waals surface area (Å²) in [6.07, 6.45) is 1.58. The van der Waals surface area contributed by atoms with Gasteiger partial charge in [-0.15, -0.1) is 0 Å². The van der Waals surface area contributed by atoms with Gasteiger partial charge in [0, 0.05) is 17.0 Å². The predicted molar refractivity (Wildman–Crippen MR) is 57.6 cm³/mol. The van der Waals surface area contributed by atoms with Crippen LogP contribution < -0.4 is 4.74 Å². The summed E-state index contributed by atoms with van der Waals surface area (Å²) in [6, 6.07) is 4.65. The number of aliphatic hydroxyl groups excluding tert-OH is 1. The number of aliphatic hydroxyl groups is 1. The number of hydrogen-bond donors (Lipinski definition) is 1. The quantitative estimate of drug-likeness (QED) is 0.622. The molecule has 0 aliphatic heterocycles. The fourth-order valence-electron chi connectivity index (χ4n) is 1.89. The van der Waals surface area contributed by atoms with Crippen LogP contribution in [0.2, 0.25) is 0 Å². The van der Waals surface area contributed by atoms with Crippen LogP contribution in [-0.4, -0.2) is 23.7 Å². The molecule has 1 aliphatic carbocycles. The molecular formula is C11H13NO4. The second kappa shape index (κ2) is 3.75. The van der Waals surface area contributed by atoms with Gasteiger partial charge < -0.3 is 9.84 Å². The molecule has 0 atom stereocenters. The van der Waals surface area contributed by atoms with Crippen LogP contribution in [0.15, 0.2) is 18.2 Å². The van der Waals surface area contributed by atoms with E-state index in [1.807, 2.05) is 0 Å². The molecule has 1 saturated carbocycles. The van der Waals surface area contributed by atoms with Crippen LogP contribution >= 0.6 is 0 Å². The third-order valence-corrected chi connectivity index (χ3v) is 3.13. The number of benzene rings is 1. The summed E-state index contributed by atoms with van der Waals surface area (Å²) in [5, 5.41) is 20.2. The van der Waals surface area contributed by atoms with Crippen molar-refractivity contribution >= 4 is 5.69 Å². The molecule has 1 N–H and O–H groups in total. The lowest BCUT2D eigenvalue weighted by Crippen LogP contribution is -2.14. The highest BCUT2D eigenvalue weighted by Crippen LogP contribution is 2.51. The number of ether oxygens (including phenoxy) is 1. The van der Waals surface area contributed by atoms with Crippen molar-refractivity contribution in [3.8, 4) is 5.75 Å². The van der Waals surface area contributed by atoms with Gasteiger partial charge in [0.2, 0.25) is 0 Å². The maximum atomic E-state index is 10.9. The zero-order chi connectivity index (χ0) is 11.8. The Hall–Kier alpha value is -1.62. The lowest BCUT2D eigenvalue weighted by atomic mass is 9.95. The minimum atomic E-state index is -0.420. The number of nitro benzene ring substituents is 1. The van der Waals surface area contributed by atoms with Gasteiger partial charge in [-0.25, -0.2) is 0 Å². The second-order valence-corrected chi connectivity index (χ2v) is 4.08. The zero-order valence-corrected chi connectivity index (χ0v) is 8.97. The van der Waals surface area contributed by atoms with Gasteiger partial charge >= 0.3 is 0 Å². The van der Waals surface area contributed by atoms with Crippen molar-refractivity contribution in [3.63, 3.8) is 0 Å². The summed E-state index contributed by atoms with van der Waals surface area (Å²) in [5.41, 5.74) is 0.225. The largest absolute Gasteiger partial charge is 0.497 e. The second-order valence-electron chi connectivity index (χ2n) is 4.08. The van der Waals surface area contributed by atoms with Crippen molar-refractivity contribution in [2.24, 2.45) is 0 Å². The monoisotopic (exact) mass is 223 g/mol. The molecule has 1 fully saturated rings. The van der Waals surface area contributed by atoms with E-state index in [9.17, 15) is 15.2 Å². The molecule has 86 valence electrons. The van der Waals surface area contributed by atoms with Crippen molar-refractivity contribution in [2.75, 3.05) is 13.7 Å². The van der Waals surface area contributed by atoms with Gasteiger partial charge in [0.15, 0.2) is 0 Å². The van der Waals surface area contributed by atoms with E-state index in [1.54, 1.807) is 12.1 Å². The molecule has 16 heavy (non-hydrogen) atoms. The number of methoxy groups -OCH3 is 1. The fraction of sp³-hybridized carbons (Fsp3) is 0.455. The van der Waals surface area contributed by atoms with Crippen LogP contribution in [0.4, 0.5) is 5.69 Å². The van der Waals surface area contributed by atoms with Gasteiger partial charge in [-0.2, -0.15) is 0 Å². The van der Waals surface area contributed by atoms with Crippen LogP contribution in [0.1, 0.15) is 18.4 Å². The first kappa shape index (κ1) is 10.9. The van der Waals surface area contributed by atoms with Crippen LogP contribution in [0.5, 0.6) is 5.75 Å². The van der Waals surface area contributed by atoms with Crippen molar-refractivity contribution in [3.05, 3.63) is 33.9 Å². The van der Waals surface area contributed by atoms with Crippen LogP contribution in [-0.2, 0) is 5.41 Å². The van der Waals surface area contributed by atoms with Gasteiger partial charge in [0.25, 0.3) is 5.69 Å². The summed E-state index contributed by atoms with van der Waals surface area (Å²) >= 11 is 0. The van der Waals surface area contributed by atoms with Gasteiger partial charge in [-0.3, -0.25) is 10.1 Å². The van der Waals surface area contributed by atoms with Crippen LogP contribution in [0, 0.1) is 10.1 Å². The minimum absolute atomic E-state index is 0.0546. The number of rotatable bonds is 4. The smallest absolute Gasteiger partial charge is 0.273 e. The van der Waals surface area contributed by atoms with E-state index in [4.69, 9.17) is 4.74 Å². The van der Waals surface area contributed by atoms with Gasteiger partial charge in [0.1, 0.15) is 5.75 Å². The lowest BCUT2D eigenvalue weighted by Gasteiger charge is -2.13. The van der Waals surface area contributed by atoms with Gasteiger partial charge in [-0.05, 0) is 25.0 Å². The standard InChI is InChI=1S/C11H13NO4/c1-16-8-2-3-10(12(14)15)9(6-8)11(7-13)4-5-11/h2-3,6,13H,4-5,7H2,1H3. The number of nitro groups is 1. The first-order valence-electron chi connectivity index (χ1n) is 5.07. The number of hydrogen-bond acceptors (Lipinski definition) is 4. The highest BCUT2D eigenvalue weighted by Gasteiger charge is 2.47. The average Bonchev–Trinajstić information content (AvgIpc) is 3.09. The Morgan fingerprint density at radius 2 is 2.25 bits per heavy atom. The van der Waals surface area contributed by atoms with E-state index < -0.39 is 10.3 Å². The Labute approximate surface area is 92.8 Å². The molecule has 2 rings (SSSR count). The molecule has 1 aromatic carbocycles. The summed E-state index contributed by atoms with van der Waals surface area (Å²) < 4.78 is 5.05. The molecule has 0 aromatic heterocycles. The van der Waals surface area contributed by atoms with E-state index in [0.717, 1.165) is 12.8 Å². The normalized spacial score (nSPS) is 16.9. The predicted octanol–water partition coefficient (Wildman–Crippen LogP) is 1.63. The average molecular weight is 223 g/mol. The molecule has 1 aliphatic rings. The highest BCUT2D eigenvalue weighted by molar-refractivity contribution is 5.52. The molecule has 0 amide bonds. The van der Waals surface area contributed by atoms with E-state index in [-0.39, 0.29) is 12.3 Å². The highest BCUT2D eigenvalue weighted by atomic mass is 16.6. The van der Waals surface area contributed by atoms with Crippen LogP contribution in [0.3, 0.4) is 0 Å². The van der Waals surface area contributed by atoms with E-state index in [2.05, 4.69) is 0 Å². The molecule has 0 spiro atoms. The topological polar surface area (TPSA) is 72.6 Å². The summed E-state index contributed by atoms with van der Waals surface area (Å²) in [4.78, 5) is 10.5. The third-order valence-electron chi connectivity index (χ3n) is 3.13. The van der Waals surface area contributed by atoms with Gasteiger partial charge in [-0.1, -0.05) is 0 Å². The zero-order valence-electron chi connectivity index (χ0n) is 8.97. The Morgan fingerprint density at radius 1 is 1.56 bits per heavy atom. The fourth-order valence-corrected chi connectivity index (χ4v) is 1.89. The lowest BCUT2D eigenvalue weighted by molar-refractivity contribution is -0.385. The molecule has 5 nitrogen and oxygen atoms in total. The molecule has 0 heterocycles. The summed E-state index contributed by atoms with van der Waals surface area (Å²) in [6.45, 7) is -0.0546. The maximum Gasteiger partial charge on any atom is 0.273 e. The Balaban J connectivity index is 2.51. The molecular weight excluding hydrogens is 210 g/mol. The maximum absolute atomic E-state index is 10.9. The third kappa shape index (κ3) is 1.63. The minimum Gasteiger partial charge on any atom is -0.497 e. The number of nitrogens with zero attached hydrogens (tertiary/aromatic N) is 1. The van der Waals surface area contributed by atoms with E-state index in [0.29, 0.717) is 11.3 Å². The molecule has 1 aromatic rings. The molecule has 0 bridgehead atoms. The Bertz CT molecular complexity index is 426. The first-order chi connectivity index (χ1) is 7.63. The Morgan fingerprint density at radius 3 is 2.69 bits per heavy atom. The SMILES string of the molecule is COc1ccc([N+](=O)[O-])c(C2(CO)CC2)c1. The van der Waals surface area contributed by atoms with Crippen molar-refractivity contribution in [2.45, 2.75) is 18.3 Å². The molecule has 5 heteroatoms. The van der Waals surface area contributed by atoms with E-state index in [1.165, 1.54) is 13.2 Å². The van der Waals surface area contributed by atoms with Crippen molar-refractivity contribution in [1.82, 2.24) is 0 Å². The van der Waals surface area contributed by atoms with Crippen LogP contribution in [0.25, 0.3) is 0 Å². The summed E-state index contributed by atoms with van der Waals surface area (Å²) in [5.74, 6) is 0.584. The van der Waals surface area contributed by atoms with Crippen molar-refractivity contribution < 1.29 is 14.8 Å². The summed E-state index contributed by atoms with van der Waals surface area (Å²) in [7, 11) is 1.52. The molecule has 0 radical (unpaired) electrons. The van der Waals surface area contributed by atoms with Crippen molar-refractivity contribution in [1.29, 1.82) is 0 Å². The Kier molecular flexibility index (Phi) is 2.55.